The molecule has 3 saturated heterocycles. The van der Waals surface area contributed by atoms with Crippen LogP contribution in [0.5, 0.6) is 0 Å². The van der Waals surface area contributed by atoms with Crippen LogP contribution >= 0.6 is 0 Å². The topological polar surface area (TPSA) is 91.1 Å². The lowest BCUT2D eigenvalue weighted by atomic mass is 10.0. The van der Waals surface area contributed by atoms with E-state index in [0.29, 0.717) is 13.2 Å². The molecule has 3 aliphatic rings. The number of nitro groups is 1. The summed E-state index contributed by atoms with van der Waals surface area (Å²) >= 11 is 0. The molecule has 3 atom stereocenters. The molecule has 3 aliphatic heterocycles. The van der Waals surface area contributed by atoms with E-state index in [1.807, 2.05) is 13.8 Å². The summed E-state index contributed by atoms with van der Waals surface area (Å²) in [6, 6.07) is 5.39. The zero-order valence-corrected chi connectivity index (χ0v) is 14.2. The maximum Gasteiger partial charge on any atom is 0.338 e. The summed E-state index contributed by atoms with van der Waals surface area (Å²) in [4.78, 5) is 24.7. The van der Waals surface area contributed by atoms with E-state index >= 15 is 0 Å². The number of esters is 1. The zero-order valence-electron chi connectivity index (χ0n) is 14.2. The van der Waals surface area contributed by atoms with Gasteiger partial charge in [0.15, 0.2) is 0 Å². The van der Waals surface area contributed by atoms with Gasteiger partial charge in [-0.2, -0.15) is 0 Å². The highest BCUT2D eigenvalue weighted by molar-refractivity contribution is 5.89. The summed E-state index contributed by atoms with van der Waals surface area (Å²) in [5.41, 5.74) is -1.02. The van der Waals surface area contributed by atoms with Crippen molar-refractivity contribution in [3.05, 3.63) is 39.9 Å². The number of benzene rings is 1. The van der Waals surface area contributed by atoms with Gasteiger partial charge in [0.05, 0.1) is 23.7 Å². The Morgan fingerprint density at radius 1 is 1.20 bits per heavy atom. The van der Waals surface area contributed by atoms with Gasteiger partial charge in [0.1, 0.15) is 23.6 Å². The maximum atomic E-state index is 12.3. The van der Waals surface area contributed by atoms with Crippen LogP contribution in [0.1, 0.15) is 37.0 Å². The molecular weight excluding hydrogens is 328 g/mol. The standard InChI is InChI=1S/C17H20N2O6/c1-15-7-8-16(2)19(15)17(10-24-15,11-25-16)9-23-14(20)12-3-5-13(6-4-12)18(21)22/h3-6H,7-11H2,1-2H3/t15-,16+,17?. The SMILES string of the molecule is C[C@]12CC[C@]3(C)OCC(COC(=O)c4ccc([N+](=O)[O-])cc4)(CO1)N23. The second-order valence-electron chi connectivity index (χ2n) is 7.37. The number of carbonyl (C=O) groups is 1. The van der Waals surface area contributed by atoms with Crippen LogP contribution in [-0.4, -0.2) is 52.6 Å². The summed E-state index contributed by atoms with van der Waals surface area (Å²) < 4.78 is 17.6. The number of ether oxygens (including phenoxy) is 3. The molecular formula is C17H20N2O6. The molecule has 4 rings (SSSR count). The Morgan fingerprint density at radius 3 is 2.28 bits per heavy atom. The number of nitrogens with zero attached hydrogens (tertiary/aromatic N) is 2. The third kappa shape index (κ3) is 2.36. The average molecular weight is 348 g/mol. The van der Waals surface area contributed by atoms with E-state index in [-0.39, 0.29) is 29.3 Å². The maximum absolute atomic E-state index is 12.3. The number of nitro benzene ring substituents is 1. The van der Waals surface area contributed by atoms with E-state index in [1.165, 1.54) is 24.3 Å². The molecule has 8 nitrogen and oxygen atoms in total. The second-order valence-corrected chi connectivity index (χ2v) is 7.37. The minimum absolute atomic E-state index is 0.0628. The van der Waals surface area contributed by atoms with Crippen LogP contribution in [0, 0.1) is 10.1 Å². The van der Waals surface area contributed by atoms with Crippen molar-refractivity contribution in [1.29, 1.82) is 0 Å². The van der Waals surface area contributed by atoms with E-state index in [9.17, 15) is 14.9 Å². The molecule has 0 radical (unpaired) electrons. The summed E-state index contributed by atoms with van der Waals surface area (Å²) in [5.74, 6) is -0.509. The van der Waals surface area contributed by atoms with Crippen molar-refractivity contribution in [2.75, 3.05) is 19.8 Å². The molecule has 0 spiro atoms. The van der Waals surface area contributed by atoms with Gasteiger partial charge in [0.2, 0.25) is 0 Å². The Kier molecular flexibility index (Phi) is 3.44. The first kappa shape index (κ1) is 16.4. The summed E-state index contributed by atoms with van der Waals surface area (Å²) in [7, 11) is 0. The first-order valence-electron chi connectivity index (χ1n) is 8.28. The van der Waals surface area contributed by atoms with Gasteiger partial charge in [-0.25, -0.2) is 9.69 Å². The first-order valence-corrected chi connectivity index (χ1v) is 8.28. The lowest BCUT2D eigenvalue weighted by molar-refractivity contribution is -0.384. The van der Waals surface area contributed by atoms with E-state index < -0.39 is 16.4 Å². The molecule has 134 valence electrons. The molecule has 0 N–H and O–H groups in total. The van der Waals surface area contributed by atoms with Gasteiger partial charge in [-0.05, 0) is 38.8 Å². The van der Waals surface area contributed by atoms with Crippen molar-refractivity contribution >= 4 is 11.7 Å². The first-order chi connectivity index (χ1) is 11.8. The second kappa shape index (κ2) is 5.23. The molecule has 1 aromatic rings. The van der Waals surface area contributed by atoms with Gasteiger partial charge < -0.3 is 14.2 Å². The van der Waals surface area contributed by atoms with Gasteiger partial charge in [-0.15, -0.1) is 0 Å². The third-order valence-corrected chi connectivity index (χ3v) is 5.56. The van der Waals surface area contributed by atoms with Crippen LogP contribution in [0.25, 0.3) is 0 Å². The Labute approximate surface area is 144 Å². The quantitative estimate of drug-likeness (QED) is 0.467. The monoisotopic (exact) mass is 348 g/mol. The van der Waals surface area contributed by atoms with Crippen molar-refractivity contribution in [3.8, 4) is 0 Å². The number of carbonyl (C=O) groups excluding carboxylic acids is 1. The molecule has 0 aliphatic carbocycles. The minimum atomic E-state index is -0.509. The van der Waals surface area contributed by atoms with Crippen LogP contribution in [0.4, 0.5) is 5.69 Å². The van der Waals surface area contributed by atoms with Crippen molar-refractivity contribution < 1.29 is 23.9 Å². The summed E-state index contributed by atoms with van der Waals surface area (Å²) in [6.45, 7) is 5.16. The lowest BCUT2D eigenvalue weighted by Gasteiger charge is -2.37. The molecule has 0 bridgehead atoms. The molecule has 0 aromatic heterocycles. The van der Waals surface area contributed by atoms with Gasteiger partial charge in [-0.1, -0.05) is 0 Å². The van der Waals surface area contributed by atoms with E-state index in [1.54, 1.807) is 0 Å². The highest BCUT2D eigenvalue weighted by Crippen LogP contribution is 2.55. The van der Waals surface area contributed by atoms with Gasteiger partial charge >= 0.3 is 5.97 Å². The molecule has 0 saturated carbocycles. The summed E-state index contributed by atoms with van der Waals surface area (Å²) in [6.07, 6.45) is 1.75. The van der Waals surface area contributed by atoms with Crippen LogP contribution in [-0.2, 0) is 14.2 Å². The molecule has 25 heavy (non-hydrogen) atoms. The Balaban J connectivity index is 1.48. The van der Waals surface area contributed by atoms with Crippen molar-refractivity contribution in [1.82, 2.24) is 4.90 Å². The Hall–Kier alpha value is -2.03. The largest absolute Gasteiger partial charge is 0.460 e. The summed E-state index contributed by atoms with van der Waals surface area (Å²) in [5, 5.41) is 10.7. The molecule has 0 amide bonds. The van der Waals surface area contributed by atoms with E-state index in [0.717, 1.165) is 12.8 Å². The molecule has 1 aromatic carbocycles. The van der Waals surface area contributed by atoms with Crippen molar-refractivity contribution in [3.63, 3.8) is 0 Å². The third-order valence-electron chi connectivity index (χ3n) is 5.56. The van der Waals surface area contributed by atoms with Crippen LogP contribution in [0.3, 0.4) is 0 Å². The number of non-ortho nitro benzene ring substituents is 1. The predicted molar refractivity (Wildman–Crippen MR) is 85.9 cm³/mol. The number of hydrogen-bond acceptors (Lipinski definition) is 7. The van der Waals surface area contributed by atoms with Crippen LogP contribution in [0.2, 0.25) is 0 Å². The normalized spacial score (nSPS) is 36.4. The van der Waals surface area contributed by atoms with Gasteiger partial charge in [0, 0.05) is 12.1 Å². The minimum Gasteiger partial charge on any atom is -0.460 e. The fraction of sp³-hybridized carbons (Fsp3) is 0.588. The number of hydrogen-bond donors (Lipinski definition) is 0. The molecule has 1 unspecified atom stereocenters. The van der Waals surface area contributed by atoms with Crippen LogP contribution in [0.15, 0.2) is 24.3 Å². The van der Waals surface area contributed by atoms with Crippen molar-refractivity contribution in [2.24, 2.45) is 0 Å². The van der Waals surface area contributed by atoms with Crippen LogP contribution < -0.4 is 0 Å². The van der Waals surface area contributed by atoms with E-state index in [2.05, 4.69) is 4.90 Å². The van der Waals surface area contributed by atoms with Gasteiger partial charge in [0.25, 0.3) is 5.69 Å². The van der Waals surface area contributed by atoms with Gasteiger partial charge in [-0.3, -0.25) is 10.1 Å². The lowest BCUT2D eigenvalue weighted by Crippen LogP contribution is -2.56. The highest BCUT2D eigenvalue weighted by Gasteiger charge is 2.69. The van der Waals surface area contributed by atoms with E-state index in [4.69, 9.17) is 14.2 Å². The zero-order chi connectivity index (χ0) is 17.9. The van der Waals surface area contributed by atoms with Crippen molar-refractivity contribution in [2.45, 2.75) is 43.7 Å². The average Bonchev–Trinajstić information content (AvgIpc) is 3.17. The fourth-order valence-electron chi connectivity index (χ4n) is 4.37. The fourth-order valence-corrected chi connectivity index (χ4v) is 4.37. The molecule has 8 heteroatoms. The number of rotatable bonds is 4. The smallest absolute Gasteiger partial charge is 0.338 e. The Bertz CT molecular complexity index is 713. The predicted octanol–water partition coefficient (Wildman–Crippen LogP) is 2.08. The highest BCUT2D eigenvalue weighted by atomic mass is 16.6. The molecule has 3 heterocycles. The Morgan fingerprint density at radius 2 is 1.76 bits per heavy atom. The molecule has 3 fully saturated rings.